The molecule has 2 atom stereocenters. The Morgan fingerprint density at radius 2 is 2.16 bits per heavy atom. The lowest BCUT2D eigenvalue weighted by molar-refractivity contribution is 0.103. The first-order chi connectivity index (χ1) is 9.17. The van der Waals surface area contributed by atoms with Gasteiger partial charge in [-0.2, -0.15) is 5.26 Å². The summed E-state index contributed by atoms with van der Waals surface area (Å²) in [5, 5.41) is 30.5. The van der Waals surface area contributed by atoms with Crippen molar-refractivity contribution in [2.24, 2.45) is 0 Å². The van der Waals surface area contributed by atoms with E-state index in [9.17, 15) is 5.11 Å². The maximum atomic E-state index is 9.76. The molecule has 3 N–H and O–H groups in total. The Bertz CT molecular complexity index is 417. The molecule has 104 valence electrons. The topological polar surface area (TPSA) is 85.5 Å². The summed E-state index contributed by atoms with van der Waals surface area (Å²) in [7, 11) is 0. The monoisotopic (exact) mass is 264 g/mol. The minimum atomic E-state index is -0.659. The van der Waals surface area contributed by atoms with Crippen LogP contribution in [0.15, 0.2) is 24.3 Å². The molecule has 5 nitrogen and oxygen atoms in total. The average Bonchev–Trinajstić information content (AvgIpc) is 2.43. The van der Waals surface area contributed by atoms with Crippen LogP contribution >= 0.6 is 0 Å². The predicted molar refractivity (Wildman–Crippen MR) is 71.8 cm³/mol. The number of benzene rings is 1. The second-order valence-corrected chi connectivity index (χ2v) is 4.39. The van der Waals surface area contributed by atoms with Gasteiger partial charge in [0, 0.05) is 19.2 Å². The van der Waals surface area contributed by atoms with Crippen LogP contribution in [-0.2, 0) is 0 Å². The zero-order chi connectivity index (χ0) is 14.1. The van der Waals surface area contributed by atoms with Gasteiger partial charge in [-0.3, -0.25) is 0 Å². The van der Waals surface area contributed by atoms with Gasteiger partial charge in [0.1, 0.15) is 24.5 Å². The van der Waals surface area contributed by atoms with Crippen molar-refractivity contribution >= 4 is 0 Å². The van der Waals surface area contributed by atoms with Gasteiger partial charge in [0.05, 0.1) is 5.56 Å². The standard InChI is InChI=1S/C14H20N2O3/c1-11(6-7-17)16-9-13(18)10-19-14-5-3-2-4-12(14)8-15/h2-5,11,13,16-18H,6-7,9-10H2,1H3. The lowest BCUT2D eigenvalue weighted by Crippen LogP contribution is -2.37. The number of ether oxygens (including phenoxy) is 1. The van der Waals surface area contributed by atoms with E-state index in [1.807, 2.05) is 13.0 Å². The van der Waals surface area contributed by atoms with Gasteiger partial charge >= 0.3 is 0 Å². The van der Waals surface area contributed by atoms with Gasteiger partial charge in [0.15, 0.2) is 0 Å². The summed E-state index contributed by atoms with van der Waals surface area (Å²) >= 11 is 0. The van der Waals surface area contributed by atoms with E-state index < -0.39 is 6.10 Å². The van der Waals surface area contributed by atoms with E-state index in [-0.39, 0.29) is 19.3 Å². The Hall–Kier alpha value is -1.61. The number of aliphatic hydroxyl groups excluding tert-OH is 2. The van der Waals surface area contributed by atoms with Crippen LogP contribution in [0.4, 0.5) is 0 Å². The fourth-order valence-corrected chi connectivity index (χ4v) is 1.56. The highest BCUT2D eigenvalue weighted by molar-refractivity contribution is 5.42. The first kappa shape index (κ1) is 15.4. The Balaban J connectivity index is 2.34. The van der Waals surface area contributed by atoms with Gasteiger partial charge in [-0.15, -0.1) is 0 Å². The molecular formula is C14H20N2O3. The number of aliphatic hydroxyl groups is 2. The molecule has 0 aliphatic heterocycles. The Morgan fingerprint density at radius 3 is 2.84 bits per heavy atom. The van der Waals surface area contributed by atoms with Gasteiger partial charge < -0.3 is 20.3 Å². The van der Waals surface area contributed by atoms with Crippen molar-refractivity contribution in [3.8, 4) is 11.8 Å². The van der Waals surface area contributed by atoms with Gasteiger partial charge in [-0.05, 0) is 25.5 Å². The fourth-order valence-electron chi connectivity index (χ4n) is 1.56. The molecule has 0 fully saturated rings. The van der Waals surface area contributed by atoms with Crippen molar-refractivity contribution in [1.82, 2.24) is 5.32 Å². The highest BCUT2D eigenvalue weighted by Crippen LogP contribution is 2.16. The summed E-state index contributed by atoms with van der Waals surface area (Å²) in [5.41, 5.74) is 0.455. The molecule has 1 rings (SSSR count). The molecule has 0 heterocycles. The van der Waals surface area contributed by atoms with Gasteiger partial charge in [-0.1, -0.05) is 12.1 Å². The van der Waals surface area contributed by atoms with Crippen LogP contribution in [-0.4, -0.2) is 42.1 Å². The Morgan fingerprint density at radius 1 is 1.42 bits per heavy atom. The summed E-state index contributed by atoms with van der Waals surface area (Å²) in [4.78, 5) is 0. The minimum absolute atomic E-state index is 0.121. The number of para-hydroxylation sites is 1. The quantitative estimate of drug-likeness (QED) is 0.642. The van der Waals surface area contributed by atoms with Crippen LogP contribution in [0, 0.1) is 11.3 Å². The third kappa shape index (κ3) is 5.71. The van der Waals surface area contributed by atoms with Crippen molar-refractivity contribution in [3.63, 3.8) is 0 Å². The molecule has 0 saturated carbocycles. The molecule has 1 aromatic carbocycles. The van der Waals surface area contributed by atoms with Crippen LogP contribution < -0.4 is 10.1 Å². The first-order valence-corrected chi connectivity index (χ1v) is 6.31. The summed E-state index contributed by atoms with van der Waals surface area (Å²) in [6.45, 7) is 2.57. The molecular weight excluding hydrogens is 244 g/mol. The Labute approximate surface area is 113 Å². The second kappa shape index (κ2) is 8.48. The Kier molecular flexibility index (Phi) is 6.90. The molecule has 0 aliphatic carbocycles. The molecule has 0 saturated heterocycles. The summed E-state index contributed by atoms with van der Waals surface area (Å²) in [6.07, 6.45) is -0.0157. The number of nitriles is 1. The van der Waals surface area contributed by atoms with Crippen molar-refractivity contribution in [2.75, 3.05) is 19.8 Å². The van der Waals surface area contributed by atoms with Crippen LogP contribution in [0.1, 0.15) is 18.9 Å². The summed E-state index contributed by atoms with van der Waals surface area (Å²) in [6, 6.07) is 9.10. The van der Waals surface area contributed by atoms with Gasteiger partial charge in [0.2, 0.25) is 0 Å². The molecule has 0 spiro atoms. The maximum Gasteiger partial charge on any atom is 0.137 e. The molecule has 0 amide bonds. The molecule has 5 heteroatoms. The predicted octanol–water partition coefficient (Wildman–Crippen LogP) is 0.658. The van der Waals surface area contributed by atoms with Crippen molar-refractivity contribution in [3.05, 3.63) is 29.8 Å². The molecule has 0 aromatic heterocycles. The molecule has 0 radical (unpaired) electrons. The number of nitrogens with one attached hydrogen (secondary N) is 1. The van der Waals surface area contributed by atoms with Crippen molar-refractivity contribution in [2.45, 2.75) is 25.5 Å². The number of nitrogens with zero attached hydrogens (tertiary/aromatic N) is 1. The number of hydrogen-bond acceptors (Lipinski definition) is 5. The zero-order valence-electron chi connectivity index (χ0n) is 11.0. The average molecular weight is 264 g/mol. The second-order valence-electron chi connectivity index (χ2n) is 4.39. The fraction of sp³-hybridized carbons (Fsp3) is 0.500. The maximum absolute atomic E-state index is 9.76. The van der Waals surface area contributed by atoms with E-state index in [1.165, 1.54) is 0 Å². The molecule has 0 bridgehead atoms. The normalized spacial score (nSPS) is 13.6. The number of rotatable bonds is 8. The van der Waals surface area contributed by atoms with E-state index in [1.54, 1.807) is 24.3 Å². The highest BCUT2D eigenvalue weighted by atomic mass is 16.5. The van der Waals surface area contributed by atoms with E-state index in [2.05, 4.69) is 5.32 Å². The third-order valence-corrected chi connectivity index (χ3v) is 2.70. The molecule has 0 aliphatic rings. The highest BCUT2D eigenvalue weighted by Gasteiger charge is 2.09. The molecule has 1 aromatic rings. The van der Waals surface area contributed by atoms with Crippen molar-refractivity contribution < 1.29 is 14.9 Å². The lowest BCUT2D eigenvalue weighted by Gasteiger charge is -2.17. The summed E-state index contributed by atoms with van der Waals surface area (Å²) < 4.78 is 5.42. The van der Waals surface area contributed by atoms with Crippen LogP contribution in [0.25, 0.3) is 0 Å². The lowest BCUT2D eigenvalue weighted by atomic mass is 10.2. The smallest absolute Gasteiger partial charge is 0.137 e. The minimum Gasteiger partial charge on any atom is -0.489 e. The van der Waals surface area contributed by atoms with Gasteiger partial charge in [-0.25, -0.2) is 0 Å². The van der Waals surface area contributed by atoms with E-state index in [0.29, 0.717) is 24.3 Å². The molecule has 19 heavy (non-hydrogen) atoms. The van der Waals surface area contributed by atoms with Crippen LogP contribution in [0.5, 0.6) is 5.75 Å². The van der Waals surface area contributed by atoms with Gasteiger partial charge in [0.25, 0.3) is 0 Å². The van der Waals surface area contributed by atoms with Crippen LogP contribution in [0.3, 0.4) is 0 Å². The zero-order valence-corrected chi connectivity index (χ0v) is 11.0. The van der Waals surface area contributed by atoms with Crippen molar-refractivity contribution in [1.29, 1.82) is 5.26 Å². The van der Waals surface area contributed by atoms with E-state index in [4.69, 9.17) is 15.1 Å². The molecule has 2 unspecified atom stereocenters. The largest absolute Gasteiger partial charge is 0.489 e. The third-order valence-electron chi connectivity index (χ3n) is 2.70. The first-order valence-electron chi connectivity index (χ1n) is 6.31. The SMILES string of the molecule is CC(CCO)NCC(O)COc1ccccc1C#N. The van der Waals surface area contributed by atoms with E-state index in [0.717, 1.165) is 0 Å². The number of hydrogen-bond donors (Lipinski definition) is 3. The summed E-state index contributed by atoms with van der Waals surface area (Å²) in [5.74, 6) is 0.479. The van der Waals surface area contributed by atoms with E-state index >= 15 is 0 Å². The van der Waals surface area contributed by atoms with Crippen LogP contribution in [0.2, 0.25) is 0 Å².